The van der Waals surface area contributed by atoms with Gasteiger partial charge in [-0.2, -0.15) is 5.10 Å². The van der Waals surface area contributed by atoms with Crippen molar-refractivity contribution in [1.29, 1.82) is 0 Å². The van der Waals surface area contributed by atoms with Crippen molar-refractivity contribution in [3.05, 3.63) is 77.1 Å². The van der Waals surface area contributed by atoms with Gasteiger partial charge in [-0.25, -0.2) is 14.3 Å². The summed E-state index contributed by atoms with van der Waals surface area (Å²) in [6.07, 6.45) is 5.50. The number of esters is 1. The van der Waals surface area contributed by atoms with E-state index in [0.29, 0.717) is 11.4 Å². The number of furan rings is 1. The second kappa shape index (κ2) is 6.65. The Hall–Kier alpha value is -3.12. The normalized spacial score (nSPS) is 11.0. The van der Waals surface area contributed by atoms with E-state index in [1.165, 1.54) is 7.11 Å². The smallest absolute Gasteiger partial charge is 0.356 e. The second-order valence-electron chi connectivity index (χ2n) is 5.70. The molecule has 0 aromatic carbocycles. The Balaban J connectivity index is 1.83. The van der Waals surface area contributed by atoms with Crippen LogP contribution in [0.3, 0.4) is 0 Å². The Morgan fingerprint density at radius 1 is 1.27 bits per heavy atom. The number of nitrogens with zero attached hydrogens (tertiary/aromatic N) is 3. The lowest BCUT2D eigenvalue weighted by Crippen LogP contribution is -2.06. The maximum absolute atomic E-state index is 11.7. The summed E-state index contributed by atoms with van der Waals surface area (Å²) in [5, 5.41) is 5.23. The van der Waals surface area contributed by atoms with Gasteiger partial charge in [-0.1, -0.05) is 17.7 Å². The van der Waals surface area contributed by atoms with Crippen molar-refractivity contribution in [2.45, 2.75) is 6.42 Å². The first kappa shape index (κ1) is 16.4. The Labute approximate surface area is 154 Å². The summed E-state index contributed by atoms with van der Waals surface area (Å²) >= 11 is 6.09. The molecule has 4 heterocycles. The van der Waals surface area contributed by atoms with Crippen LogP contribution in [0.1, 0.15) is 21.7 Å². The third kappa shape index (κ3) is 2.95. The number of rotatable bonds is 4. The summed E-state index contributed by atoms with van der Waals surface area (Å²) in [6, 6.07) is 10.9. The van der Waals surface area contributed by atoms with Crippen molar-refractivity contribution in [2.75, 3.05) is 7.11 Å². The lowest BCUT2D eigenvalue weighted by atomic mass is 10.0. The highest BCUT2D eigenvalue weighted by atomic mass is 35.5. The van der Waals surface area contributed by atoms with E-state index in [4.69, 9.17) is 20.8 Å². The zero-order valence-corrected chi connectivity index (χ0v) is 14.6. The highest BCUT2D eigenvalue weighted by Crippen LogP contribution is 2.29. The molecule has 4 rings (SSSR count). The predicted molar refractivity (Wildman–Crippen MR) is 96.3 cm³/mol. The Morgan fingerprint density at radius 3 is 2.92 bits per heavy atom. The highest BCUT2D eigenvalue weighted by molar-refractivity contribution is 6.30. The van der Waals surface area contributed by atoms with Gasteiger partial charge in [-0.15, -0.1) is 0 Å². The minimum atomic E-state index is -0.464. The molecule has 0 fully saturated rings. The summed E-state index contributed by atoms with van der Waals surface area (Å²) in [6.45, 7) is 0. The van der Waals surface area contributed by atoms with Crippen LogP contribution in [0.5, 0.6) is 0 Å². The number of hydrogen-bond donors (Lipinski definition) is 0. The van der Waals surface area contributed by atoms with Crippen LogP contribution in [-0.2, 0) is 11.2 Å². The van der Waals surface area contributed by atoms with E-state index in [0.717, 1.165) is 28.0 Å². The minimum Gasteiger partial charge on any atom is -0.472 e. The van der Waals surface area contributed by atoms with Gasteiger partial charge >= 0.3 is 5.97 Å². The van der Waals surface area contributed by atoms with Crippen LogP contribution in [0.2, 0.25) is 5.02 Å². The van der Waals surface area contributed by atoms with Gasteiger partial charge < -0.3 is 9.15 Å². The van der Waals surface area contributed by atoms with Crippen LogP contribution in [0.4, 0.5) is 0 Å². The summed E-state index contributed by atoms with van der Waals surface area (Å²) < 4.78 is 11.7. The first-order chi connectivity index (χ1) is 12.7. The van der Waals surface area contributed by atoms with Crippen molar-refractivity contribution in [3.63, 3.8) is 0 Å². The first-order valence-corrected chi connectivity index (χ1v) is 8.27. The third-order valence-electron chi connectivity index (χ3n) is 4.05. The summed E-state index contributed by atoms with van der Waals surface area (Å²) in [7, 11) is 1.34. The molecule has 0 spiro atoms. The van der Waals surface area contributed by atoms with Crippen LogP contribution >= 0.6 is 11.6 Å². The fraction of sp³-hybridized carbons (Fsp3) is 0.105. The molecule has 0 radical (unpaired) electrons. The summed E-state index contributed by atoms with van der Waals surface area (Å²) in [5.41, 5.74) is 4.54. The van der Waals surface area contributed by atoms with E-state index in [1.54, 1.807) is 35.4 Å². The van der Waals surface area contributed by atoms with Crippen LogP contribution in [-0.4, -0.2) is 27.7 Å². The molecule has 4 aromatic heterocycles. The molecule has 0 atom stereocenters. The molecule has 6 nitrogen and oxygen atoms in total. The summed E-state index contributed by atoms with van der Waals surface area (Å²) in [5.74, 6) is -0.464. The van der Waals surface area contributed by atoms with E-state index >= 15 is 0 Å². The maximum Gasteiger partial charge on any atom is 0.356 e. The van der Waals surface area contributed by atoms with E-state index in [1.807, 2.05) is 24.3 Å². The third-order valence-corrected chi connectivity index (χ3v) is 4.27. The minimum absolute atomic E-state index is 0.273. The Morgan fingerprint density at radius 2 is 2.15 bits per heavy atom. The fourth-order valence-electron chi connectivity index (χ4n) is 2.86. The zero-order chi connectivity index (χ0) is 18.1. The number of methoxy groups -OCH3 is 1. The van der Waals surface area contributed by atoms with Gasteiger partial charge in [0, 0.05) is 29.4 Å². The van der Waals surface area contributed by atoms with E-state index in [2.05, 4.69) is 10.1 Å². The molecule has 0 aliphatic carbocycles. The van der Waals surface area contributed by atoms with Crippen molar-refractivity contribution < 1.29 is 13.9 Å². The number of ether oxygens (including phenoxy) is 1. The molecule has 26 heavy (non-hydrogen) atoms. The molecule has 0 amide bonds. The second-order valence-corrected chi connectivity index (χ2v) is 6.14. The molecule has 7 heteroatoms. The van der Waals surface area contributed by atoms with Gasteiger partial charge in [-0.05, 0) is 30.3 Å². The summed E-state index contributed by atoms with van der Waals surface area (Å²) in [4.78, 5) is 16.1. The molecular weight excluding hydrogens is 354 g/mol. The van der Waals surface area contributed by atoms with Crippen molar-refractivity contribution in [2.24, 2.45) is 0 Å². The average molecular weight is 368 g/mol. The topological polar surface area (TPSA) is 69.6 Å². The van der Waals surface area contributed by atoms with E-state index < -0.39 is 5.97 Å². The lowest BCUT2D eigenvalue weighted by molar-refractivity contribution is 0.0593. The molecule has 0 saturated heterocycles. The van der Waals surface area contributed by atoms with Crippen molar-refractivity contribution >= 4 is 23.1 Å². The van der Waals surface area contributed by atoms with Crippen LogP contribution < -0.4 is 0 Å². The number of fused-ring (bicyclic) bond motifs is 1. The van der Waals surface area contributed by atoms with Crippen molar-refractivity contribution in [1.82, 2.24) is 14.6 Å². The molecule has 0 aliphatic rings. The largest absolute Gasteiger partial charge is 0.472 e. The Bertz CT molecular complexity index is 1090. The van der Waals surface area contributed by atoms with Gasteiger partial charge in [0.15, 0.2) is 0 Å². The monoisotopic (exact) mass is 367 g/mol. The average Bonchev–Trinajstić information content (AvgIpc) is 3.29. The first-order valence-electron chi connectivity index (χ1n) is 7.89. The predicted octanol–water partition coefficient (Wildman–Crippen LogP) is 4.02. The fourth-order valence-corrected chi connectivity index (χ4v) is 3.01. The SMILES string of the molecule is COC(=O)c1cccc(Cc2c(-c3ccoc3)nn3cc(Cl)ccc23)n1. The zero-order valence-electron chi connectivity index (χ0n) is 13.8. The van der Waals surface area contributed by atoms with E-state index in [9.17, 15) is 4.79 Å². The quantitative estimate of drug-likeness (QED) is 0.509. The number of aromatic nitrogens is 3. The number of hydrogen-bond acceptors (Lipinski definition) is 5. The lowest BCUT2D eigenvalue weighted by Gasteiger charge is -2.04. The number of halogens is 1. The van der Waals surface area contributed by atoms with Crippen LogP contribution in [0.25, 0.3) is 16.8 Å². The van der Waals surface area contributed by atoms with Crippen LogP contribution in [0.15, 0.2) is 59.5 Å². The molecule has 4 aromatic rings. The van der Waals surface area contributed by atoms with Gasteiger partial charge in [0.05, 0.1) is 30.2 Å². The number of carbonyl (C=O) groups is 1. The van der Waals surface area contributed by atoms with Crippen molar-refractivity contribution in [3.8, 4) is 11.3 Å². The maximum atomic E-state index is 11.7. The molecule has 0 unspecified atom stereocenters. The van der Waals surface area contributed by atoms with Gasteiger partial charge in [0.2, 0.25) is 0 Å². The Kier molecular flexibility index (Phi) is 4.18. The molecule has 0 saturated carbocycles. The van der Waals surface area contributed by atoms with Gasteiger partial charge in [0.1, 0.15) is 11.4 Å². The number of carbonyl (C=O) groups excluding carboxylic acids is 1. The van der Waals surface area contributed by atoms with Gasteiger partial charge in [0.25, 0.3) is 0 Å². The molecule has 0 bridgehead atoms. The highest BCUT2D eigenvalue weighted by Gasteiger charge is 2.17. The molecule has 0 aliphatic heterocycles. The molecular formula is C19H14ClN3O3. The number of pyridine rings is 2. The van der Waals surface area contributed by atoms with Gasteiger partial charge in [-0.3, -0.25) is 0 Å². The van der Waals surface area contributed by atoms with E-state index in [-0.39, 0.29) is 5.69 Å². The van der Waals surface area contributed by atoms with Crippen LogP contribution in [0, 0.1) is 0 Å². The molecule has 0 N–H and O–H groups in total. The standard InChI is InChI=1S/C19H14ClN3O3/c1-25-19(24)16-4-2-3-14(21-16)9-15-17-6-5-13(20)10-23(17)22-18(15)12-7-8-26-11-12/h2-8,10-11H,9H2,1H3. The molecule has 130 valence electrons.